The highest BCUT2D eigenvalue weighted by Crippen LogP contribution is 2.17. The van der Waals surface area contributed by atoms with Crippen molar-refractivity contribution in [2.24, 2.45) is 0 Å². The van der Waals surface area contributed by atoms with Crippen LogP contribution in [0.4, 0.5) is 5.69 Å². The highest BCUT2D eigenvalue weighted by molar-refractivity contribution is 5.73. The summed E-state index contributed by atoms with van der Waals surface area (Å²) in [6, 6.07) is 9.85. The van der Waals surface area contributed by atoms with Gasteiger partial charge in [0.15, 0.2) is 0 Å². The van der Waals surface area contributed by atoms with Crippen molar-refractivity contribution < 1.29 is 9.90 Å². The van der Waals surface area contributed by atoms with Gasteiger partial charge in [-0.1, -0.05) is 18.2 Å². The van der Waals surface area contributed by atoms with E-state index in [1.165, 1.54) is 0 Å². The van der Waals surface area contributed by atoms with E-state index < -0.39 is 5.97 Å². The minimum atomic E-state index is -0.842. The van der Waals surface area contributed by atoms with Gasteiger partial charge in [-0.25, -0.2) is 0 Å². The molecule has 0 bridgehead atoms. The maximum atomic E-state index is 11.0. The first-order valence-corrected chi connectivity index (χ1v) is 6.61. The molecule has 5 nitrogen and oxygen atoms in total. The third-order valence-corrected chi connectivity index (χ3v) is 3.00. The fraction of sp³-hybridized carbons (Fsp3) is 0.333. The first-order chi connectivity index (χ1) is 9.56. The van der Waals surface area contributed by atoms with Gasteiger partial charge in [-0.2, -0.15) is 5.10 Å². The molecule has 0 spiro atoms. The highest BCUT2D eigenvalue weighted by atomic mass is 16.4. The van der Waals surface area contributed by atoms with Crippen LogP contribution in [0.5, 0.6) is 0 Å². The number of para-hydroxylation sites is 1. The second kappa shape index (κ2) is 6.23. The lowest BCUT2D eigenvalue weighted by Crippen LogP contribution is -2.28. The normalized spacial score (nSPS) is 10.8. The van der Waals surface area contributed by atoms with Crippen LogP contribution in [0.1, 0.15) is 25.5 Å². The lowest BCUT2D eigenvalue weighted by atomic mass is 10.2. The third-order valence-electron chi connectivity index (χ3n) is 3.00. The Labute approximate surface area is 118 Å². The van der Waals surface area contributed by atoms with Crippen molar-refractivity contribution in [2.75, 3.05) is 11.4 Å². The molecule has 0 aliphatic rings. The summed E-state index contributed by atoms with van der Waals surface area (Å²) in [6.07, 6.45) is 3.75. The van der Waals surface area contributed by atoms with Crippen LogP contribution in [0.2, 0.25) is 0 Å². The summed E-state index contributed by atoms with van der Waals surface area (Å²) < 4.78 is 1.87. The van der Waals surface area contributed by atoms with Crippen LogP contribution in [0.25, 0.3) is 0 Å². The predicted molar refractivity (Wildman–Crippen MR) is 77.7 cm³/mol. The van der Waals surface area contributed by atoms with Gasteiger partial charge < -0.3 is 10.0 Å². The van der Waals surface area contributed by atoms with Gasteiger partial charge in [-0.3, -0.25) is 9.48 Å². The topological polar surface area (TPSA) is 58.4 Å². The average Bonchev–Trinajstić information content (AvgIpc) is 2.87. The Morgan fingerprint density at radius 3 is 2.60 bits per heavy atom. The van der Waals surface area contributed by atoms with Crippen molar-refractivity contribution >= 4 is 11.7 Å². The molecular formula is C15H19N3O2. The summed E-state index contributed by atoms with van der Waals surface area (Å²) in [5.74, 6) is -0.842. The Morgan fingerprint density at radius 2 is 2.05 bits per heavy atom. The molecule has 0 aliphatic heterocycles. The van der Waals surface area contributed by atoms with Gasteiger partial charge in [0.05, 0.1) is 6.20 Å². The Hall–Kier alpha value is -2.30. The van der Waals surface area contributed by atoms with Crippen molar-refractivity contribution in [3.8, 4) is 0 Å². The van der Waals surface area contributed by atoms with E-state index in [1.54, 1.807) is 6.20 Å². The number of aromatic nitrogens is 2. The minimum absolute atomic E-state index is 0.0309. The van der Waals surface area contributed by atoms with Crippen LogP contribution in [-0.2, 0) is 11.3 Å². The van der Waals surface area contributed by atoms with Crippen LogP contribution in [0.15, 0.2) is 42.7 Å². The molecule has 0 aliphatic carbocycles. The maximum Gasteiger partial charge on any atom is 0.323 e. The molecule has 2 aromatic rings. The first kappa shape index (κ1) is 14.1. The summed E-state index contributed by atoms with van der Waals surface area (Å²) in [4.78, 5) is 12.8. The second-order valence-corrected chi connectivity index (χ2v) is 5.01. The molecule has 1 N–H and O–H groups in total. The molecule has 0 amide bonds. The average molecular weight is 273 g/mol. The van der Waals surface area contributed by atoms with Crippen LogP contribution >= 0.6 is 0 Å². The van der Waals surface area contributed by atoms with E-state index in [4.69, 9.17) is 5.11 Å². The molecule has 5 heteroatoms. The van der Waals surface area contributed by atoms with Crippen molar-refractivity contribution in [1.29, 1.82) is 0 Å². The molecule has 2 rings (SSSR count). The van der Waals surface area contributed by atoms with Crippen LogP contribution < -0.4 is 4.90 Å². The molecule has 0 unspecified atom stereocenters. The molecule has 1 aromatic heterocycles. The van der Waals surface area contributed by atoms with Crippen LogP contribution in [-0.4, -0.2) is 27.4 Å². The fourth-order valence-electron chi connectivity index (χ4n) is 2.00. The van der Waals surface area contributed by atoms with E-state index in [1.807, 2.05) is 46.1 Å². The molecule has 106 valence electrons. The summed E-state index contributed by atoms with van der Waals surface area (Å²) in [5, 5.41) is 13.3. The quantitative estimate of drug-likeness (QED) is 0.878. The summed E-state index contributed by atoms with van der Waals surface area (Å²) in [5.41, 5.74) is 1.90. The van der Waals surface area contributed by atoms with Crippen molar-refractivity contribution in [3.05, 3.63) is 48.3 Å². The zero-order chi connectivity index (χ0) is 14.5. The molecule has 0 radical (unpaired) electrons. The summed E-state index contributed by atoms with van der Waals surface area (Å²) in [6.45, 7) is 4.62. The molecule has 1 aromatic carbocycles. The van der Waals surface area contributed by atoms with Gasteiger partial charge >= 0.3 is 5.97 Å². The number of hydrogen-bond donors (Lipinski definition) is 1. The van der Waals surface area contributed by atoms with E-state index in [-0.39, 0.29) is 6.54 Å². The number of aliphatic carboxylic acids is 1. The Morgan fingerprint density at radius 1 is 1.35 bits per heavy atom. The van der Waals surface area contributed by atoms with Crippen LogP contribution in [0.3, 0.4) is 0 Å². The van der Waals surface area contributed by atoms with Crippen molar-refractivity contribution in [1.82, 2.24) is 9.78 Å². The van der Waals surface area contributed by atoms with Gasteiger partial charge in [0.1, 0.15) is 6.54 Å². The predicted octanol–water partition coefficient (Wildman–Crippen LogP) is 2.56. The highest BCUT2D eigenvalue weighted by Gasteiger charge is 2.12. The molecule has 1 heterocycles. The van der Waals surface area contributed by atoms with E-state index >= 15 is 0 Å². The number of carbonyl (C=O) groups is 1. The lowest BCUT2D eigenvalue weighted by molar-refractivity contribution is -0.135. The standard InChI is InChI=1S/C15H19N3O2/c1-12(2)18-10-13(8-16-18)9-17(11-15(19)20)14-6-4-3-5-7-14/h3-8,10,12H,9,11H2,1-2H3,(H,19,20). The SMILES string of the molecule is CC(C)n1cc(CN(CC(=O)O)c2ccccc2)cn1. The molecule has 20 heavy (non-hydrogen) atoms. The Bertz CT molecular complexity index is 564. The number of nitrogens with zero attached hydrogens (tertiary/aromatic N) is 3. The number of anilines is 1. The zero-order valence-electron chi connectivity index (χ0n) is 11.7. The van der Waals surface area contributed by atoms with E-state index in [2.05, 4.69) is 18.9 Å². The molecule has 0 saturated heterocycles. The van der Waals surface area contributed by atoms with Gasteiger partial charge in [-0.05, 0) is 26.0 Å². The Kier molecular flexibility index (Phi) is 4.40. The van der Waals surface area contributed by atoms with Crippen molar-refractivity contribution in [3.63, 3.8) is 0 Å². The number of benzene rings is 1. The smallest absolute Gasteiger partial charge is 0.323 e. The van der Waals surface area contributed by atoms with Gasteiger partial charge in [0.2, 0.25) is 0 Å². The molecule has 0 saturated carbocycles. The number of hydrogen-bond acceptors (Lipinski definition) is 3. The number of rotatable bonds is 6. The largest absolute Gasteiger partial charge is 0.480 e. The van der Waals surface area contributed by atoms with Crippen LogP contribution in [0, 0.1) is 0 Å². The molecular weight excluding hydrogens is 254 g/mol. The molecule has 0 fully saturated rings. The van der Waals surface area contributed by atoms with Gasteiger partial charge in [0, 0.05) is 30.0 Å². The third kappa shape index (κ3) is 3.60. The monoisotopic (exact) mass is 273 g/mol. The summed E-state index contributed by atoms with van der Waals surface area (Å²) >= 11 is 0. The maximum absolute atomic E-state index is 11.0. The number of carboxylic acid groups (broad SMARTS) is 1. The van der Waals surface area contributed by atoms with E-state index in [9.17, 15) is 4.79 Å². The minimum Gasteiger partial charge on any atom is -0.480 e. The van der Waals surface area contributed by atoms with Gasteiger partial charge in [-0.15, -0.1) is 0 Å². The lowest BCUT2D eigenvalue weighted by Gasteiger charge is -2.22. The van der Waals surface area contributed by atoms with E-state index in [0.29, 0.717) is 12.6 Å². The first-order valence-electron chi connectivity index (χ1n) is 6.61. The fourth-order valence-corrected chi connectivity index (χ4v) is 2.00. The van der Waals surface area contributed by atoms with Crippen molar-refractivity contribution in [2.45, 2.75) is 26.4 Å². The second-order valence-electron chi connectivity index (χ2n) is 5.01. The zero-order valence-corrected chi connectivity index (χ0v) is 11.7. The summed E-state index contributed by atoms with van der Waals surface area (Å²) in [7, 11) is 0. The molecule has 0 atom stereocenters. The Balaban J connectivity index is 2.17. The number of carboxylic acids is 1. The van der Waals surface area contributed by atoms with E-state index in [0.717, 1.165) is 11.3 Å². The van der Waals surface area contributed by atoms with Gasteiger partial charge in [0.25, 0.3) is 0 Å².